The monoisotopic (exact) mass is 388 g/mol. The summed E-state index contributed by atoms with van der Waals surface area (Å²) in [7, 11) is 0. The van der Waals surface area contributed by atoms with Gasteiger partial charge >= 0.3 is 0 Å². The van der Waals surface area contributed by atoms with Crippen molar-refractivity contribution in [1.82, 2.24) is 5.32 Å². The van der Waals surface area contributed by atoms with Crippen LogP contribution in [0.2, 0.25) is 5.02 Å². The summed E-state index contributed by atoms with van der Waals surface area (Å²) in [6.45, 7) is 0. The van der Waals surface area contributed by atoms with Crippen molar-refractivity contribution >= 4 is 46.5 Å². The van der Waals surface area contributed by atoms with E-state index in [0.29, 0.717) is 16.3 Å². The van der Waals surface area contributed by atoms with Gasteiger partial charge < -0.3 is 10.6 Å². The number of anilines is 1. The molecule has 1 aliphatic rings. The van der Waals surface area contributed by atoms with Crippen molar-refractivity contribution in [2.45, 2.75) is 38.1 Å². The van der Waals surface area contributed by atoms with Gasteiger partial charge in [0.1, 0.15) is 0 Å². The number of nitrogens with one attached hydrogen (secondary N) is 2. The molecule has 4 nitrogen and oxygen atoms in total. The Morgan fingerprint density at radius 2 is 1.96 bits per heavy atom. The van der Waals surface area contributed by atoms with E-state index in [1.54, 1.807) is 35.6 Å². The minimum absolute atomic E-state index is 0.188. The second-order valence-electron chi connectivity index (χ2n) is 6.34. The van der Waals surface area contributed by atoms with Crippen molar-refractivity contribution in [3.05, 3.63) is 57.3 Å². The van der Waals surface area contributed by atoms with E-state index in [4.69, 9.17) is 11.6 Å². The molecule has 2 aromatic rings. The van der Waals surface area contributed by atoms with Crippen LogP contribution in [-0.2, 0) is 4.79 Å². The van der Waals surface area contributed by atoms with Crippen LogP contribution in [0.4, 0.5) is 5.69 Å². The van der Waals surface area contributed by atoms with Gasteiger partial charge in [0.05, 0.1) is 10.6 Å². The zero-order valence-electron chi connectivity index (χ0n) is 14.3. The van der Waals surface area contributed by atoms with Gasteiger partial charge in [-0.3, -0.25) is 9.59 Å². The molecule has 1 heterocycles. The highest BCUT2D eigenvalue weighted by Gasteiger charge is 2.18. The Morgan fingerprint density at radius 3 is 2.69 bits per heavy atom. The lowest BCUT2D eigenvalue weighted by molar-refractivity contribution is -0.111. The SMILES string of the molecule is O=C(/C=C/c1cccs1)Nc1ccc(Cl)c(C(=O)NC2CCCCC2)c1. The summed E-state index contributed by atoms with van der Waals surface area (Å²) in [5.41, 5.74) is 0.932. The van der Waals surface area contributed by atoms with Crippen molar-refractivity contribution in [3.8, 4) is 0 Å². The summed E-state index contributed by atoms with van der Waals surface area (Å²) in [6, 6.07) is 9.02. The molecule has 26 heavy (non-hydrogen) atoms. The van der Waals surface area contributed by atoms with Crippen LogP contribution in [0.25, 0.3) is 6.08 Å². The van der Waals surface area contributed by atoms with Gasteiger partial charge in [-0.25, -0.2) is 0 Å². The number of thiophene rings is 1. The van der Waals surface area contributed by atoms with Gasteiger partial charge in [-0.1, -0.05) is 36.9 Å². The molecule has 1 aromatic heterocycles. The summed E-state index contributed by atoms with van der Waals surface area (Å²) in [5, 5.41) is 8.15. The molecule has 3 rings (SSSR count). The molecule has 1 saturated carbocycles. The van der Waals surface area contributed by atoms with E-state index in [1.165, 1.54) is 12.5 Å². The molecule has 1 fully saturated rings. The van der Waals surface area contributed by atoms with Crippen molar-refractivity contribution < 1.29 is 9.59 Å². The van der Waals surface area contributed by atoms with Crippen molar-refractivity contribution in [2.24, 2.45) is 0 Å². The normalized spacial score (nSPS) is 15.1. The third kappa shape index (κ3) is 5.19. The summed E-state index contributed by atoms with van der Waals surface area (Å²) >= 11 is 7.75. The van der Waals surface area contributed by atoms with E-state index in [2.05, 4.69) is 10.6 Å². The van der Waals surface area contributed by atoms with Crippen LogP contribution in [-0.4, -0.2) is 17.9 Å². The van der Waals surface area contributed by atoms with Gasteiger partial charge in [0.15, 0.2) is 0 Å². The highest BCUT2D eigenvalue weighted by atomic mass is 35.5. The Morgan fingerprint density at radius 1 is 1.15 bits per heavy atom. The second-order valence-corrected chi connectivity index (χ2v) is 7.73. The first-order valence-corrected chi connectivity index (χ1v) is 10.0. The zero-order valence-corrected chi connectivity index (χ0v) is 15.9. The molecule has 2 N–H and O–H groups in total. The lowest BCUT2D eigenvalue weighted by atomic mass is 9.95. The molecule has 6 heteroatoms. The van der Waals surface area contributed by atoms with E-state index in [9.17, 15) is 9.59 Å². The maximum atomic E-state index is 12.5. The number of hydrogen-bond donors (Lipinski definition) is 2. The van der Waals surface area contributed by atoms with Gasteiger partial charge in [0, 0.05) is 22.7 Å². The number of amides is 2. The third-order valence-electron chi connectivity index (χ3n) is 4.36. The minimum atomic E-state index is -0.251. The number of halogens is 1. The molecule has 0 bridgehead atoms. The zero-order chi connectivity index (χ0) is 18.4. The highest BCUT2D eigenvalue weighted by Crippen LogP contribution is 2.23. The van der Waals surface area contributed by atoms with Crippen LogP contribution >= 0.6 is 22.9 Å². The van der Waals surface area contributed by atoms with E-state index in [1.807, 2.05) is 17.5 Å². The lowest BCUT2D eigenvalue weighted by Crippen LogP contribution is -2.36. The van der Waals surface area contributed by atoms with Gasteiger partial charge in [-0.15, -0.1) is 11.3 Å². The van der Waals surface area contributed by atoms with Crippen molar-refractivity contribution in [1.29, 1.82) is 0 Å². The molecule has 0 saturated heterocycles. The van der Waals surface area contributed by atoms with Crippen LogP contribution in [0.5, 0.6) is 0 Å². The van der Waals surface area contributed by atoms with Crippen LogP contribution in [0.1, 0.15) is 47.3 Å². The third-order valence-corrected chi connectivity index (χ3v) is 5.53. The Labute approximate surface area is 162 Å². The maximum Gasteiger partial charge on any atom is 0.253 e. The minimum Gasteiger partial charge on any atom is -0.349 e. The molecule has 0 radical (unpaired) electrons. The summed E-state index contributed by atoms with van der Waals surface area (Å²) in [5.74, 6) is -0.438. The molecule has 0 spiro atoms. The van der Waals surface area contributed by atoms with Crippen LogP contribution in [0, 0.1) is 0 Å². The molecule has 1 aliphatic carbocycles. The van der Waals surface area contributed by atoms with Crippen LogP contribution in [0.15, 0.2) is 41.8 Å². The average Bonchev–Trinajstić information content (AvgIpc) is 3.16. The largest absolute Gasteiger partial charge is 0.349 e. The number of carbonyl (C=O) groups is 2. The Kier molecular flexibility index (Phi) is 6.47. The first-order valence-electron chi connectivity index (χ1n) is 8.75. The number of benzene rings is 1. The number of hydrogen-bond acceptors (Lipinski definition) is 3. The predicted octanol–water partition coefficient (Wildman–Crippen LogP) is 5.12. The highest BCUT2D eigenvalue weighted by molar-refractivity contribution is 7.10. The summed E-state index contributed by atoms with van der Waals surface area (Å²) in [4.78, 5) is 25.6. The smallest absolute Gasteiger partial charge is 0.253 e. The number of carbonyl (C=O) groups excluding carboxylic acids is 2. The quantitative estimate of drug-likeness (QED) is 0.698. The molecule has 0 atom stereocenters. The molecule has 0 unspecified atom stereocenters. The molecule has 136 valence electrons. The summed E-state index contributed by atoms with van der Waals surface area (Å²) < 4.78 is 0. The topological polar surface area (TPSA) is 58.2 Å². The fourth-order valence-electron chi connectivity index (χ4n) is 3.01. The van der Waals surface area contributed by atoms with Gasteiger partial charge in [0.25, 0.3) is 5.91 Å². The average molecular weight is 389 g/mol. The predicted molar refractivity (Wildman–Crippen MR) is 108 cm³/mol. The van der Waals surface area contributed by atoms with Gasteiger partial charge in [-0.05, 0) is 48.6 Å². The maximum absolute atomic E-state index is 12.5. The van der Waals surface area contributed by atoms with Crippen molar-refractivity contribution in [3.63, 3.8) is 0 Å². The molecule has 2 amide bonds. The van der Waals surface area contributed by atoms with Gasteiger partial charge in [0.2, 0.25) is 5.91 Å². The van der Waals surface area contributed by atoms with Crippen molar-refractivity contribution in [2.75, 3.05) is 5.32 Å². The van der Waals surface area contributed by atoms with E-state index >= 15 is 0 Å². The standard InChI is InChI=1S/C20H21ClN2O2S/c21-18-10-8-15(22-19(24)11-9-16-7-4-12-26-16)13-17(18)20(25)23-14-5-2-1-3-6-14/h4,7-14H,1-3,5-6H2,(H,22,24)(H,23,25)/b11-9+. The summed E-state index contributed by atoms with van der Waals surface area (Å²) in [6.07, 6.45) is 8.76. The van der Waals surface area contributed by atoms with E-state index < -0.39 is 0 Å². The van der Waals surface area contributed by atoms with Crippen LogP contribution in [0.3, 0.4) is 0 Å². The number of rotatable bonds is 5. The van der Waals surface area contributed by atoms with Crippen LogP contribution < -0.4 is 10.6 Å². The molecular weight excluding hydrogens is 368 g/mol. The Bertz CT molecular complexity index is 796. The molecule has 1 aromatic carbocycles. The Hall–Kier alpha value is -2.11. The lowest BCUT2D eigenvalue weighted by Gasteiger charge is -2.23. The van der Waals surface area contributed by atoms with E-state index in [0.717, 1.165) is 30.6 Å². The molecule has 0 aliphatic heterocycles. The second kappa shape index (κ2) is 9.01. The first kappa shape index (κ1) is 18.7. The first-order chi connectivity index (χ1) is 12.6. The fraction of sp³-hybridized carbons (Fsp3) is 0.300. The fourth-order valence-corrected chi connectivity index (χ4v) is 3.84. The molecular formula is C20H21ClN2O2S. The Balaban J connectivity index is 1.64. The van der Waals surface area contributed by atoms with E-state index in [-0.39, 0.29) is 17.9 Å². The van der Waals surface area contributed by atoms with Gasteiger partial charge in [-0.2, -0.15) is 0 Å².